The Morgan fingerprint density at radius 3 is 2.38 bits per heavy atom. The van der Waals surface area contributed by atoms with Gasteiger partial charge in [-0.1, -0.05) is 24.3 Å². The van der Waals surface area contributed by atoms with Crippen LogP contribution in [0.2, 0.25) is 0 Å². The van der Waals surface area contributed by atoms with Crippen molar-refractivity contribution in [2.24, 2.45) is 5.73 Å². The molecule has 0 saturated carbocycles. The summed E-state index contributed by atoms with van der Waals surface area (Å²) in [7, 11) is 1.74. The molecular weight excluding hydrogens is 268 g/mol. The van der Waals surface area contributed by atoms with Crippen LogP contribution in [0.25, 0.3) is 0 Å². The summed E-state index contributed by atoms with van der Waals surface area (Å²) in [5.41, 5.74) is 7.57. The van der Waals surface area contributed by atoms with Gasteiger partial charge in [-0.15, -0.1) is 0 Å². The molecule has 5 nitrogen and oxygen atoms in total. The highest BCUT2D eigenvalue weighted by atomic mass is 16.5. The SMILES string of the molecule is CNc1ccccc1C(=O)OCc1ccc(C(N)=O)cc1. The van der Waals surface area contributed by atoms with Gasteiger partial charge >= 0.3 is 5.97 Å². The lowest BCUT2D eigenvalue weighted by molar-refractivity contribution is 0.0473. The summed E-state index contributed by atoms with van der Waals surface area (Å²) in [4.78, 5) is 23.0. The number of hydrogen-bond donors (Lipinski definition) is 2. The number of rotatable bonds is 5. The smallest absolute Gasteiger partial charge is 0.340 e. The quantitative estimate of drug-likeness (QED) is 0.825. The Labute approximate surface area is 122 Å². The number of carbonyl (C=O) groups excluding carboxylic acids is 2. The Morgan fingerprint density at radius 2 is 1.76 bits per heavy atom. The number of anilines is 1. The molecule has 5 heteroatoms. The minimum atomic E-state index is -0.485. The van der Waals surface area contributed by atoms with Crippen molar-refractivity contribution < 1.29 is 14.3 Å². The van der Waals surface area contributed by atoms with E-state index in [9.17, 15) is 9.59 Å². The molecule has 21 heavy (non-hydrogen) atoms. The Balaban J connectivity index is 2.02. The second-order valence-electron chi connectivity index (χ2n) is 4.43. The molecule has 0 aromatic heterocycles. The van der Waals surface area contributed by atoms with Crippen molar-refractivity contribution in [2.75, 3.05) is 12.4 Å². The van der Waals surface area contributed by atoms with Crippen LogP contribution in [-0.4, -0.2) is 18.9 Å². The van der Waals surface area contributed by atoms with Gasteiger partial charge in [0.2, 0.25) is 5.91 Å². The van der Waals surface area contributed by atoms with Crippen molar-refractivity contribution in [1.82, 2.24) is 0 Å². The molecule has 0 heterocycles. The zero-order valence-corrected chi connectivity index (χ0v) is 11.6. The summed E-state index contributed by atoms with van der Waals surface area (Å²) >= 11 is 0. The highest BCUT2D eigenvalue weighted by molar-refractivity contribution is 5.95. The van der Waals surface area contributed by atoms with E-state index in [-0.39, 0.29) is 6.61 Å². The van der Waals surface area contributed by atoms with Gasteiger partial charge in [0.05, 0.1) is 5.56 Å². The Bertz CT molecular complexity index is 651. The van der Waals surface area contributed by atoms with E-state index in [1.165, 1.54) is 0 Å². The molecule has 2 rings (SSSR count). The monoisotopic (exact) mass is 284 g/mol. The molecular formula is C16H16N2O3. The second kappa shape index (κ2) is 6.56. The average Bonchev–Trinajstić information content (AvgIpc) is 2.52. The van der Waals surface area contributed by atoms with Gasteiger partial charge in [-0.2, -0.15) is 0 Å². The van der Waals surface area contributed by atoms with Crippen LogP contribution in [0, 0.1) is 0 Å². The van der Waals surface area contributed by atoms with Gasteiger partial charge in [0.1, 0.15) is 6.61 Å². The lowest BCUT2D eigenvalue weighted by Crippen LogP contribution is -2.11. The first-order valence-corrected chi connectivity index (χ1v) is 6.44. The Hall–Kier alpha value is -2.82. The number of carbonyl (C=O) groups is 2. The summed E-state index contributed by atoms with van der Waals surface area (Å²) in [5, 5.41) is 2.94. The van der Waals surface area contributed by atoms with Crippen LogP contribution >= 0.6 is 0 Å². The van der Waals surface area contributed by atoms with Gasteiger partial charge in [-0.05, 0) is 29.8 Å². The van der Waals surface area contributed by atoms with Gasteiger partial charge in [-0.3, -0.25) is 4.79 Å². The minimum absolute atomic E-state index is 0.135. The van der Waals surface area contributed by atoms with Crippen LogP contribution in [0.1, 0.15) is 26.3 Å². The number of amides is 1. The molecule has 1 amide bonds. The minimum Gasteiger partial charge on any atom is -0.457 e. The highest BCUT2D eigenvalue weighted by Gasteiger charge is 2.11. The predicted octanol–water partition coefficient (Wildman–Crippen LogP) is 2.18. The number of nitrogens with two attached hydrogens (primary N) is 1. The van der Waals surface area contributed by atoms with Crippen molar-refractivity contribution in [2.45, 2.75) is 6.61 Å². The number of primary amides is 1. The molecule has 3 N–H and O–H groups in total. The third kappa shape index (κ3) is 3.60. The first kappa shape index (κ1) is 14.6. The Morgan fingerprint density at radius 1 is 1.10 bits per heavy atom. The van der Waals surface area contributed by atoms with E-state index in [1.807, 2.05) is 6.07 Å². The van der Waals surface area contributed by atoms with Crippen molar-refractivity contribution >= 4 is 17.6 Å². The first-order valence-electron chi connectivity index (χ1n) is 6.44. The number of hydrogen-bond acceptors (Lipinski definition) is 4. The van der Waals surface area contributed by atoms with Crippen molar-refractivity contribution in [1.29, 1.82) is 0 Å². The zero-order chi connectivity index (χ0) is 15.2. The van der Waals surface area contributed by atoms with Crippen LogP contribution in [0.4, 0.5) is 5.69 Å². The van der Waals surface area contributed by atoms with Crippen LogP contribution < -0.4 is 11.1 Å². The fraction of sp³-hybridized carbons (Fsp3) is 0.125. The molecule has 0 aliphatic carbocycles. The van der Waals surface area contributed by atoms with E-state index in [4.69, 9.17) is 10.5 Å². The van der Waals surface area contributed by atoms with Gasteiger partial charge in [0, 0.05) is 18.3 Å². The average molecular weight is 284 g/mol. The summed E-state index contributed by atoms with van der Waals surface area (Å²) in [5.74, 6) is -0.888. The second-order valence-corrected chi connectivity index (χ2v) is 4.43. The molecule has 0 radical (unpaired) electrons. The number of esters is 1. The third-order valence-corrected chi connectivity index (χ3v) is 3.02. The van der Waals surface area contributed by atoms with E-state index in [2.05, 4.69) is 5.32 Å². The van der Waals surface area contributed by atoms with E-state index < -0.39 is 11.9 Å². The number of para-hydroxylation sites is 1. The van der Waals surface area contributed by atoms with E-state index >= 15 is 0 Å². The standard InChI is InChI=1S/C16H16N2O3/c1-18-14-5-3-2-4-13(14)16(20)21-10-11-6-8-12(9-7-11)15(17)19/h2-9,18H,10H2,1H3,(H2,17,19). The molecule has 0 atom stereocenters. The van der Waals surface area contributed by atoms with Crippen molar-refractivity contribution in [3.63, 3.8) is 0 Å². The topological polar surface area (TPSA) is 81.4 Å². The lowest BCUT2D eigenvalue weighted by Gasteiger charge is -2.09. The normalized spacial score (nSPS) is 9.95. The van der Waals surface area contributed by atoms with Crippen LogP contribution in [0.3, 0.4) is 0 Å². The molecule has 2 aromatic rings. The molecule has 108 valence electrons. The molecule has 0 saturated heterocycles. The fourth-order valence-electron chi connectivity index (χ4n) is 1.87. The van der Waals surface area contributed by atoms with Gasteiger partial charge in [-0.25, -0.2) is 4.79 Å². The third-order valence-electron chi connectivity index (χ3n) is 3.02. The zero-order valence-electron chi connectivity index (χ0n) is 11.6. The van der Waals surface area contributed by atoms with Crippen molar-refractivity contribution in [3.05, 3.63) is 65.2 Å². The maximum absolute atomic E-state index is 12.0. The maximum atomic E-state index is 12.0. The van der Waals surface area contributed by atoms with E-state index in [1.54, 1.807) is 49.5 Å². The lowest BCUT2D eigenvalue weighted by atomic mass is 10.1. The van der Waals surface area contributed by atoms with Gasteiger partial charge in [0.15, 0.2) is 0 Å². The summed E-state index contributed by atoms with van der Waals surface area (Å²) in [6.45, 7) is 0.135. The molecule has 0 unspecified atom stereocenters. The summed E-state index contributed by atoms with van der Waals surface area (Å²) in [6.07, 6.45) is 0. The summed E-state index contributed by atoms with van der Waals surface area (Å²) < 4.78 is 5.26. The Kier molecular flexibility index (Phi) is 4.56. The van der Waals surface area contributed by atoms with Crippen LogP contribution in [0.5, 0.6) is 0 Å². The van der Waals surface area contributed by atoms with Crippen LogP contribution in [0.15, 0.2) is 48.5 Å². The molecule has 2 aromatic carbocycles. The molecule has 0 fully saturated rings. The van der Waals surface area contributed by atoms with Crippen LogP contribution in [-0.2, 0) is 11.3 Å². The maximum Gasteiger partial charge on any atom is 0.340 e. The highest BCUT2D eigenvalue weighted by Crippen LogP contribution is 2.16. The molecule has 0 spiro atoms. The predicted molar refractivity (Wildman–Crippen MR) is 80.1 cm³/mol. The molecule has 0 bridgehead atoms. The number of benzene rings is 2. The van der Waals surface area contributed by atoms with E-state index in [0.29, 0.717) is 16.8 Å². The summed E-state index contributed by atoms with van der Waals surface area (Å²) in [6, 6.07) is 13.7. The van der Waals surface area contributed by atoms with Crippen molar-refractivity contribution in [3.8, 4) is 0 Å². The van der Waals surface area contributed by atoms with E-state index in [0.717, 1.165) is 5.56 Å². The van der Waals surface area contributed by atoms with Gasteiger partial charge in [0.25, 0.3) is 0 Å². The molecule has 0 aliphatic heterocycles. The molecule has 0 aliphatic rings. The van der Waals surface area contributed by atoms with Gasteiger partial charge < -0.3 is 15.8 Å². The largest absolute Gasteiger partial charge is 0.457 e. The first-order chi connectivity index (χ1) is 10.1. The number of ether oxygens (including phenoxy) is 1. The number of nitrogens with one attached hydrogen (secondary N) is 1. The fourth-order valence-corrected chi connectivity index (χ4v) is 1.87.